The fraction of sp³-hybridized carbons (Fsp3) is 0.500. The first-order valence-corrected chi connectivity index (χ1v) is 8.60. The predicted molar refractivity (Wildman–Crippen MR) is 85.9 cm³/mol. The number of nitrogens with one attached hydrogen (secondary N) is 1. The summed E-state index contributed by atoms with van der Waals surface area (Å²) in [6.45, 7) is 5.74. The first-order chi connectivity index (χ1) is 10.7. The third-order valence-electron chi connectivity index (χ3n) is 4.11. The van der Waals surface area contributed by atoms with Gasteiger partial charge in [0, 0.05) is 19.2 Å². The Bertz CT molecular complexity index is 601. The van der Waals surface area contributed by atoms with Gasteiger partial charge in [0.25, 0.3) is 5.91 Å². The van der Waals surface area contributed by atoms with E-state index in [0.717, 1.165) is 39.0 Å². The molecule has 3 rings (SSSR count). The van der Waals surface area contributed by atoms with E-state index in [-0.39, 0.29) is 5.91 Å². The Hall–Kier alpha value is -1.66. The monoisotopic (exact) mass is 319 g/mol. The highest BCUT2D eigenvalue weighted by Gasteiger charge is 2.20. The number of aromatic nitrogens is 1. The zero-order chi connectivity index (χ0) is 15.4. The lowest BCUT2D eigenvalue weighted by Gasteiger charge is -2.31. The first-order valence-electron chi connectivity index (χ1n) is 7.65. The smallest absolute Gasteiger partial charge is 0.273 e. The van der Waals surface area contributed by atoms with Gasteiger partial charge in [-0.2, -0.15) is 11.3 Å². The zero-order valence-electron chi connectivity index (χ0n) is 12.7. The van der Waals surface area contributed by atoms with Gasteiger partial charge >= 0.3 is 0 Å². The Labute approximate surface area is 134 Å². The first kappa shape index (κ1) is 15.2. The number of amides is 1. The molecular weight excluding hydrogens is 298 g/mol. The van der Waals surface area contributed by atoms with Crippen LogP contribution in [-0.2, 0) is 6.54 Å². The summed E-state index contributed by atoms with van der Waals surface area (Å²) >= 11 is 1.75. The van der Waals surface area contributed by atoms with Gasteiger partial charge in [0.05, 0.1) is 0 Å². The summed E-state index contributed by atoms with van der Waals surface area (Å²) in [6, 6.07) is 3.86. The van der Waals surface area contributed by atoms with Gasteiger partial charge in [0.2, 0.25) is 0 Å². The molecular formula is C16H21N3O2S. The second-order valence-corrected chi connectivity index (χ2v) is 6.66. The summed E-state index contributed by atoms with van der Waals surface area (Å²) in [6.07, 6.45) is 2.25. The third-order valence-corrected chi connectivity index (χ3v) is 4.84. The number of thiophene rings is 1. The molecule has 2 aromatic rings. The maximum Gasteiger partial charge on any atom is 0.273 e. The molecule has 0 atom stereocenters. The van der Waals surface area contributed by atoms with Crippen LogP contribution >= 0.6 is 11.3 Å². The predicted octanol–water partition coefficient (Wildman–Crippen LogP) is 2.69. The van der Waals surface area contributed by atoms with E-state index in [1.165, 1.54) is 5.56 Å². The Morgan fingerprint density at radius 2 is 2.32 bits per heavy atom. The summed E-state index contributed by atoms with van der Waals surface area (Å²) in [7, 11) is 0. The molecule has 3 heterocycles. The fourth-order valence-corrected chi connectivity index (χ4v) is 3.45. The lowest BCUT2D eigenvalue weighted by atomic mass is 9.96. The summed E-state index contributed by atoms with van der Waals surface area (Å²) in [4.78, 5) is 14.4. The third kappa shape index (κ3) is 3.96. The maximum absolute atomic E-state index is 11.9. The topological polar surface area (TPSA) is 58.4 Å². The molecule has 0 spiro atoms. The molecule has 1 aliphatic rings. The van der Waals surface area contributed by atoms with Crippen LogP contribution in [0.15, 0.2) is 27.4 Å². The van der Waals surface area contributed by atoms with Crippen molar-refractivity contribution < 1.29 is 9.32 Å². The van der Waals surface area contributed by atoms with Crippen LogP contribution in [0.25, 0.3) is 0 Å². The standard InChI is InChI=1S/C16H21N3O2S/c1-12-8-15(18-21-12)16(20)17-9-13-2-5-19(6-3-13)10-14-4-7-22-11-14/h4,7-8,11,13H,2-3,5-6,9-10H2,1H3,(H,17,20). The lowest BCUT2D eigenvalue weighted by Crippen LogP contribution is -2.38. The van der Waals surface area contributed by atoms with Crippen LogP contribution in [-0.4, -0.2) is 35.6 Å². The van der Waals surface area contributed by atoms with Gasteiger partial charge in [-0.05, 0) is 61.2 Å². The normalized spacial score (nSPS) is 16.8. The number of nitrogens with zero attached hydrogens (tertiary/aromatic N) is 2. The van der Waals surface area contributed by atoms with Crippen molar-refractivity contribution in [3.8, 4) is 0 Å². The van der Waals surface area contributed by atoms with Crippen LogP contribution in [0.1, 0.15) is 34.7 Å². The summed E-state index contributed by atoms with van der Waals surface area (Å²) in [5, 5.41) is 11.0. The molecule has 22 heavy (non-hydrogen) atoms. The average molecular weight is 319 g/mol. The van der Waals surface area contributed by atoms with E-state index >= 15 is 0 Å². The van der Waals surface area contributed by atoms with E-state index in [4.69, 9.17) is 4.52 Å². The van der Waals surface area contributed by atoms with E-state index in [1.54, 1.807) is 24.3 Å². The van der Waals surface area contributed by atoms with Crippen molar-refractivity contribution in [3.63, 3.8) is 0 Å². The minimum atomic E-state index is -0.141. The number of rotatable bonds is 5. The fourth-order valence-electron chi connectivity index (χ4n) is 2.79. The van der Waals surface area contributed by atoms with Crippen molar-refractivity contribution in [1.82, 2.24) is 15.4 Å². The Morgan fingerprint density at radius 1 is 1.50 bits per heavy atom. The molecule has 118 valence electrons. The minimum Gasteiger partial charge on any atom is -0.361 e. The van der Waals surface area contributed by atoms with Crippen molar-refractivity contribution >= 4 is 17.2 Å². The Balaban J connectivity index is 1.39. The quantitative estimate of drug-likeness (QED) is 0.920. The molecule has 1 N–H and O–H groups in total. The van der Waals surface area contributed by atoms with Crippen molar-refractivity contribution in [2.45, 2.75) is 26.3 Å². The van der Waals surface area contributed by atoms with Gasteiger partial charge in [-0.3, -0.25) is 9.69 Å². The van der Waals surface area contributed by atoms with E-state index in [1.807, 2.05) is 0 Å². The molecule has 0 saturated carbocycles. The average Bonchev–Trinajstić information content (AvgIpc) is 3.18. The van der Waals surface area contributed by atoms with Gasteiger partial charge in [-0.15, -0.1) is 0 Å². The van der Waals surface area contributed by atoms with Crippen LogP contribution in [0.5, 0.6) is 0 Å². The van der Waals surface area contributed by atoms with E-state index < -0.39 is 0 Å². The highest BCUT2D eigenvalue weighted by atomic mass is 32.1. The number of carbonyl (C=O) groups is 1. The molecule has 2 aromatic heterocycles. The molecule has 0 bridgehead atoms. The Morgan fingerprint density at radius 3 is 2.95 bits per heavy atom. The molecule has 1 fully saturated rings. The van der Waals surface area contributed by atoms with Gasteiger partial charge in [-0.25, -0.2) is 0 Å². The van der Waals surface area contributed by atoms with Crippen LogP contribution in [0.4, 0.5) is 0 Å². The van der Waals surface area contributed by atoms with Gasteiger partial charge in [-0.1, -0.05) is 5.16 Å². The number of carbonyl (C=O) groups excluding carboxylic acids is 1. The number of aryl methyl sites for hydroxylation is 1. The largest absolute Gasteiger partial charge is 0.361 e. The zero-order valence-corrected chi connectivity index (χ0v) is 13.6. The molecule has 0 radical (unpaired) electrons. The van der Waals surface area contributed by atoms with Crippen LogP contribution in [0.2, 0.25) is 0 Å². The van der Waals surface area contributed by atoms with Crippen molar-refractivity contribution in [2.75, 3.05) is 19.6 Å². The second-order valence-electron chi connectivity index (χ2n) is 5.88. The number of likely N-dealkylation sites (tertiary alicyclic amines) is 1. The lowest BCUT2D eigenvalue weighted by molar-refractivity contribution is 0.0926. The van der Waals surface area contributed by atoms with Gasteiger partial charge < -0.3 is 9.84 Å². The summed E-state index contributed by atoms with van der Waals surface area (Å²) in [5.74, 6) is 1.07. The molecule has 0 aliphatic carbocycles. The maximum atomic E-state index is 11.9. The van der Waals surface area contributed by atoms with E-state index in [0.29, 0.717) is 17.4 Å². The van der Waals surface area contributed by atoms with Crippen molar-refractivity contribution in [1.29, 1.82) is 0 Å². The number of piperidine rings is 1. The molecule has 1 saturated heterocycles. The van der Waals surface area contributed by atoms with E-state index in [9.17, 15) is 4.79 Å². The highest BCUT2D eigenvalue weighted by Crippen LogP contribution is 2.19. The molecule has 6 heteroatoms. The Kier molecular flexibility index (Phi) is 4.90. The second kappa shape index (κ2) is 7.07. The summed E-state index contributed by atoms with van der Waals surface area (Å²) < 4.78 is 4.92. The van der Waals surface area contributed by atoms with Crippen LogP contribution < -0.4 is 5.32 Å². The molecule has 0 unspecified atom stereocenters. The molecule has 5 nitrogen and oxygen atoms in total. The number of hydrogen-bond donors (Lipinski definition) is 1. The molecule has 0 aromatic carbocycles. The SMILES string of the molecule is Cc1cc(C(=O)NCC2CCN(Cc3ccsc3)CC2)no1. The van der Waals surface area contributed by atoms with Gasteiger partial charge in [0.15, 0.2) is 5.69 Å². The minimum absolute atomic E-state index is 0.141. The van der Waals surface area contributed by atoms with Crippen LogP contribution in [0.3, 0.4) is 0 Å². The van der Waals surface area contributed by atoms with Crippen molar-refractivity contribution in [2.24, 2.45) is 5.92 Å². The molecule has 1 amide bonds. The molecule has 1 aliphatic heterocycles. The van der Waals surface area contributed by atoms with E-state index in [2.05, 4.69) is 32.2 Å². The van der Waals surface area contributed by atoms with Gasteiger partial charge in [0.1, 0.15) is 5.76 Å². The highest BCUT2D eigenvalue weighted by molar-refractivity contribution is 7.07. The van der Waals surface area contributed by atoms with Crippen LogP contribution in [0, 0.1) is 12.8 Å². The summed E-state index contributed by atoms with van der Waals surface area (Å²) in [5.41, 5.74) is 1.77. The number of hydrogen-bond acceptors (Lipinski definition) is 5. The van der Waals surface area contributed by atoms with Crippen molar-refractivity contribution in [3.05, 3.63) is 39.9 Å².